The van der Waals surface area contributed by atoms with Gasteiger partial charge in [-0.15, -0.1) is 11.8 Å². The first-order valence-electron chi connectivity index (χ1n) is 8.57. The molecular weight excluding hydrogens is 388 g/mol. The van der Waals surface area contributed by atoms with Crippen molar-refractivity contribution in [1.82, 2.24) is 9.88 Å². The van der Waals surface area contributed by atoms with Crippen molar-refractivity contribution < 1.29 is 19.3 Å². The van der Waals surface area contributed by atoms with E-state index in [4.69, 9.17) is 17.2 Å². The summed E-state index contributed by atoms with van der Waals surface area (Å²) in [4.78, 5) is 29.5. The minimum absolute atomic E-state index is 0.0344. The van der Waals surface area contributed by atoms with Crippen molar-refractivity contribution in [2.75, 3.05) is 23.0 Å². The number of aliphatic carboxylic acids is 1. The molecule has 1 unspecified atom stereocenters. The third-order valence-corrected chi connectivity index (χ3v) is 7.12. The first-order chi connectivity index (χ1) is 12.8. The fourth-order valence-electron chi connectivity index (χ4n) is 3.25. The predicted molar refractivity (Wildman–Crippen MR) is 105 cm³/mol. The summed E-state index contributed by atoms with van der Waals surface area (Å²) in [5.74, 6) is 0.363. The van der Waals surface area contributed by atoms with Gasteiger partial charge in [-0.05, 0) is 30.7 Å². The predicted octanol–water partition coefficient (Wildman–Crippen LogP) is -0.211. The molecule has 2 aliphatic rings. The average Bonchev–Trinajstić information content (AvgIpc) is 2.64. The molecule has 0 aliphatic carbocycles. The van der Waals surface area contributed by atoms with Crippen LogP contribution in [0.1, 0.15) is 19.4 Å². The van der Waals surface area contributed by atoms with Gasteiger partial charge in [-0.1, -0.05) is 11.9 Å². The highest BCUT2D eigenvalue weighted by Gasteiger charge is 2.51. The van der Waals surface area contributed by atoms with E-state index in [-0.39, 0.29) is 17.0 Å². The second-order valence-corrected chi connectivity index (χ2v) is 8.27. The zero-order chi connectivity index (χ0) is 19.9. The number of rotatable bonds is 6. The monoisotopic (exact) mass is 411 g/mol. The molecule has 3 rings (SSSR count). The topological polar surface area (TPSA) is 152 Å². The van der Waals surface area contributed by atoms with Gasteiger partial charge in [-0.25, -0.2) is 9.36 Å². The number of β-lactam (4-membered cyclic amide) rings is 1. The number of fused-ring (bicyclic) bond motifs is 1. The summed E-state index contributed by atoms with van der Waals surface area (Å²) >= 11 is 2.84. The van der Waals surface area contributed by atoms with Crippen molar-refractivity contribution >= 4 is 47.0 Å². The van der Waals surface area contributed by atoms with Gasteiger partial charge in [0.05, 0.1) is 12.1 Å². The van der Waals surface area contributed by atoms with Crippen LogP contribution in [0.5, 0.6) is 0 Å². The first-order valence-corrected chi connectivity index (χ1v) is 10.6. The molecular formula is C16H23N6O3S2+. The lowest BCUT2D eigenvalue weighted by molar-refractivity contribution is -0.720. The summed E-state index contributed by atoms with van der Waals surface area (Å²) < 4.78 is 1.87. The summed E-state index contributed by atoms with van der Waals surface area (Å²) in [5.41, 5.74) is 19.5. The maximum atomic E-state index is 12.0. The van der Waals surface area contributed by atoms with E-state index in [2.05, 4.69) is 4.98 Å². The zero-order valence-corrected chi connectivity index (χ0v) is 16.8. The highest BCUT2D eigenvalue weighted by atomic mass is 32.2. The van der Waals surface area contributed by atoms with E-state index in [1.54, 1.807) is 0 Å². The number of nitrogens with two attached hydrogens (primary N) is 3. The normalized spacial score (nSPS) is 21.9. The standard InChI is InChI=1S/C16H22N6O3S2/c1-3-8-11(18)20-16(21(4-2)12(8)19)27-6-7-5-26-14-9(17)13(23)22(14)10(7)15(24)25/h9,14H,3-6,17H2,1-2H3,(H4,18,19,24,25)/p+1/t9?,14-/m1/s1. The van der Waals surface area contributed by atoms with Crippen LogP contribution in [-0.4, -0.2) is 49.8 Å². The van der Waals surface area contributed by atoms with Crippen molar-refractivity contribution in [3.05, 3.63) is 16.8 Å². The fraction of sp³-hybridized carbons (Fsp3) is 0.500. The molecule has 146 valence electrons. The van der Waals surface area contributed by atoms with Gasteiger partial charge < -0.3 is 22.3 Å². The Hall–Kier alpha value is -1.98. The van der Waals surface area contributed by atoms with E-state index in [1.165, 1.54) is 28.4 Å². The number of amides is 1. The molecule has 1 aromatic heterocycles. The largest absolute Gasteiger partial charge is 0.477 e. The van der Waals surface area contributed by atoms with Gasteiger partial charge in [0.15, 0.2) is 0 Å². The Bertz CT molecular complexity index is 844. The van der Waals surface area contributed by atoms with Crippen LogP contribution in [0, 0.1) is 0 Å². The Labute approximate surface area is 165 Å². The number of nitrogens with zero attached hydrogens (tertiary/aromatic N) is 3. The first kappa shape index (κ1) is 19.8. The maximum absolute atomic E-state index is 12.0. The summed E-state index contributed by atoms with van der Waals surface area (Å²) in [5, 5.41) is 9.94. The number of carboxylic acid groups (broad SMARTS) is 1. The molecule has 3 heterocycles. The Morgan fingerprint density at radius 2 is 2.15 bits per heavy atom. The number of anilines is 2. The van der Waals surface area contributed by atoms with Gasteiger partial charge >= 0.3 is 11.1 Å². The quantitative estimate of drug-likeness (QED) is 0.215. The maximum Gasteiger partial charge on any atom is 0.352 e. The molecule has 0 spiro atoms. The molecule has 0 saturated carbocycles. The minimum atomic E-state index is -1.12. The zero-order valence-electron chi connectivity index (χ0n) is 15.1. The Kier molecular flexibility index (Phi) is 5.54. The van der Waals surface area contributed by atoms with Crippen molar-refractivity contribution in [3.8, 4) is 0 Å². The van der Waals surface area contributed by atoms with E-state index in [0.717, 1.165) is 5.56 Å². The summed E-state index contributed by atoms with van der Waals surface area (Å²) in [6, 6.07) is -0.636. The van der Waals surface area contributed by atoms with Crippen LogP contribution in [0.3, 0.4) is 0 Å². The van der Waals surface area contributed by atoms with Crippen molar-refractivity contribution in [2.45, 2.75) is 43.4 Å². The molecule has 0 aromatic carbocycles. The third kappa shape index (κ3) is 3.23. The molecule has 9 nitrogen and oxygen atoms in total. The van der Waals surface area contributed by atoms with Crippen LogP contribution >= 0.6 is 23.5 Å². The number of carboxylic acids is 1. The summed E-state index contributed by atoms with van der Waals surface area (Å²) in [6.45, 7) is 4.54. The van der Waals surface area contributed by atoms with Crippen LogP contribution in [0.15, 0.2) is 16.4 Å². The van der Waals surface area contributed by atoms with Crippen molar-refractivity contribution in [2.24, 2.45) is 5.73 Å². The molecule has 11 heteroatoms. The Balaban J connectivity index is 1.90. The number of aromatic nitrogens is 2. The second kappa shape index (κ2) is 7.56. The van der Waals surface area contributed by atoms with E-state index in [9.17, 15) is 14.7 Å². The van der Waals surface area contributed by atoms with Gasteiger partial charge in [0.2, 0.25) is 17.5 Å². The number of thioether (sulfide) groups is 2. The van der Waals surface area contributed by atoms with Crippen LogP contribution in [-0.2, 0) is 22.6 Å². The lowest BCUT2D eigenvalue weighted by Crippen LogP contribution is -2.68. The number of carbonyl (C=O) groups is 2. The third-order valence-electron chi connectivity index (χ3n) is 4.69. The van der Waals surface area contributed by atoms with Crippen molar-refractivity contribution in [1.29, 1.82) is 0 Å². The van der Waals surface area contributed by atoms with E-state index in [0.29, 0.717) is 46.8 Å². The molecule has 7 N–H and O–H groups in total. The van der Waals surface area contributed by atoms with Gasteiger partial charge in [-0.3, -0.25) is 9.69 Å². The molecule has 27 heavy (non-hydrogen) atoms. The summed E-state index contributed by atoms with van der Waals surface area (Å²) in [6.07, 6.45) is 0.680. The van der Waals surface area contributed by atoms with Crippen LogP contribution in [0.25, 0.3) is 0 Å². The molecule has 2 atom stereocenters. The van der Waals surface area contributed by atoms with E-state index >= 15 is 0 Å². The Morgan fingerprint density at radius 3 is 2.74 bits per heavy atom. The highest BCUT2D eigenvalue weighted by Crippen LogP contribution is 2.40. The molecule has 1 amide bonds. The molecule has 1 saturated heterocycles. The lowest BCUT2D eigenvalue weighted by atomic mass is 10.0. The molecule has 0 radical (unpaired) electrons. The van der Waals surface area contributed by atoms with Crippen molar-refractivity contribution in [3.63, 3.8) is 0 Å². The van der Waals surface area contributed by atoms with Gasteiger partial charge in [0.25, 0.3) is 0 Å². The van der Waals surface area contributed by atoms with E-state index in [1.807, 2.05) is 18.4 Å². The van der Waals surface area contributed by atoms with Gasteiger partial charge in [0, 0.05) is 11.5 Å². The average molecular weight is 412 g/mol. The highest BCUT2D eigenvalue weighted by molar-refractivity contribution is 8.01. The fourth-order valence-corrected chi connectivity index (χ4v) is 5.76. The van der Waals surface area contributed by atoms with Gasteiger partial charge in [0.1, 0.15) is 17.1 Å². The molecule has 1 fully saturated rings. The SMILES string of the molecule is CCc1c(N)nc(SCC2=C(C(=O)O)N3C(=O)C(N)[C@H]3SC2)[n+](CC)c1N. The molecule has 0 bridgehead atoms. The summed E-state index contributed by atoms with van der Waals surface area (Å²) in [7, 11) is 0. The van der Waals surface area contributed by atoms with Crippen LogP contribution < -0.4 is 21.8 Å². The van der Waals surface area contributed by atoms with Crippen LogP contribution in [0.2, 0.25) is 0 Å². The smallest absolute Gasteiger partial charge is 0.352 e. The second-order valence-electron chi connectivity index (χ2n) is 6.22. The van der Waals surface area contributed by atoms with E-state index < -0.39 is 12.0 Å². The minimum Gasteiger partial charge on any atom is -0.477 e. The number of hydrogen-bond donors (Lipinski definition) is 4. The number of hydrogen-bond acceptors (Lipinski definition) is 8. The van der Waals surface area contributed by atoms with Gasteiger partial charge in [-0.2, -0.15) is 0 Å². The number of carbonyl (C=O) groups excluding carboxylic acids is 1. The number of nitrogen functional groups attached to an aromatic ring is 2. The Morgan fingerprint density at radius 1 is 1.44 bits per heavy atom. The van der Waals surface area contributed by atoms with Crippen LogP contribution in [0.4, 0.5) is 11.6 Å². The molecule has 1 aromatic rings. The molecule has 2 aliphatic heterocycles. The lowest BCUT2D eigenvalue weighted by Gasteiger charge is -2.48.